The van der Waals surface area contributed by atoms with Crippen molar-refractivity contribution in [3.05, 3.63) is 22.7 Å². The van der Waals surface area contributed by atoms with Gasteiger partial charge in [-0.25, -0.2) is 4.98 Å². The molecule has 0 bridgehead atoms. The van der Waals surface area contributed by atoms with E-state index >= 15 is 0 Å². The molecule has 0 aliphatic rings. The van der Waals surface area contributed by atoms with Crippen molar-refractivity contribution < 1.29 is 0 Å². The molecule has 0 fully saturated rings. The highest BCUT2D eigenvalue weighted by Gasteiger charge is 2.13. The molecule has 0 aliphatic heterocycles. The zero-order chi connectivity index (χ0) is 14.3. The Kier molecular flexibility index (Phi) is 6.92. The molecule has 0 radical (unpaired) electrons. The number of nitrogens with zero attached hydrogens (tertiary/aromatic N) is 3. The van der Waals surface area contributed by atoms with Gasteiger partial charge in [-0.15, -0.1) is 11.6 Å². The Hall–Kier alpha value is -1.03. The van der Waals surface area contributed by atoms with Gasteiger partial charge in [0.2, 0.25) is 0 Å². The Morgan fingerprint density at radius 1 is 1.42 bits per heavy atom. The maximum atomic E-state index is 12.4. The summed E-state index contributed by atoms with van der Waals surface area (Å²) in [6.07, 6.45) is 5.58. The van der Waals surface area contributed by atoms with Gasteiger partial charge in [-0.1, -0.05) is 27.2 Å². The Bertz CT molecular complexity index is 431. The minimum atomic E-state index is -0.0163. The van der Waals surface area contributed by atoms with E-state index in [0.717, 1.165) is 25.9 Å². The number of hydrogen-bond donors (Lipinski definition) is 0. The van der Waals surface area contributed by atoms with Crippen LogP contribution in [0.2, 0.25) is 0 Å². The summed E-state index contributed by atoms with van der Waals surface area (Å²) in [5.74, 6) is 1.46. The third-order valence-electron chi connectivity index (χ3n) is 2.89. The van der Waals surface area contributed by atoms with Crippen LogP contribution in [0.25, 0.3) is 0 Å². The van der Waals surface area contributed by atoms with E-state index in [4.69, 9.17) is 11.6 Å². The lowest BCUT2D eigenvalue weighted by Crippen LogP contribution is -2.35. The van der Waals surface area contributed by atoms with Crippen molar-refractivity contribution in [1.82, 2.24) is 9.55 Å². The monoisotopic (exact) mass is 285 g/mol. The van der Waals surface area contributed by atoms with Crippen molar-refractivity contribution in [2.24, 2.45) is 5.92 Å². The van der Waals surface area contributed by atoms with Gasteiger partial charge in [-0.05, 0) is 12.3 Å². The van der Waals surface area contributed by atoms with Crippen LogP contribution in [-0.4, -0.2) is 28.5 Å². The second-order valence-electron chi connectivity index (χ2n) is 5.13. The Morgan fingerprint density at radius 2 is 2.16 bits per heavy atom. The zero-order valence-electron chi connectivity index (χ0n) is 12.1. The van der Waals surface area contributed by atoms with E-state index in [1.54, 1.807) is 17.0 Å². The number of unbranched alkanes of at least 4 members (excludes halogenated alkanes) is 1. The van der Waals surface area contributed by atoms with Crippen LogP contribution in [0.5, 0.6) is 0 Å². The number of aromatic nitrogens is 2. The summed E-state index contributed by atoms with van der Waals surface area (Å²) in [6.45, 7) is 8.54. The molecule has 0 unspecified atom stereocenters. The molecule has 1 heterocycles. The standard InChI is InChI=1S/C14H24ClN3O/c1-4-5-8-17(9-6-15)13-14(19)18(10-7-16-13)11-12(2)3/h7,10,12H,4-6,8-9,11H2,1-3H3. The van der Waals surface area contributed by atoms with E-state index in [9.17, 15) is 4.79 Å². The molecule has 108 valence electrons. The summed E-state index contributed by atoms with van der Waals surface area (Å²) in [6, 6.07) is 0. The van der Waals surface area contributed by atoms with E-state index in [1.165, 1.54) is 0 Å². The van der Waals surface area contributed by atoms with Gasteiger partial charge in [0.25, 0.3) is 5.56 Å². The lowest BCUT2D eigenvalue weighted by Gasteiger charge is -2.22. The molecule has 4 nitrogen and oxygen atoms in total. The Labute approximate surface area is 120 Å². The van der Waals surface area contributed by atoms with Crippen LogP contribution in [0.4, 0.5) is 5.82 Å². The van der Waals surface area contributed by atoms with Gasteiger partial charge in [0, 0.05) is 37.9 Å². The molecule has 0 amide bonds. The van der Waals surface area contributed by atoms with Crippen LogP contribution in [0.1, 0.15) is 33.6 Å². The quantitative estimate of drug-likeness (QED) is 0.689. The van der Waals surface area contributed by atoms with Crippen LogP contribution in [0, 0.1) is 5.92 Å². The first-order valence-electron chi connectivity index (χ1n) is 6.96. The highest BCUT2D eigenvalue weighted by Crippen LogP contribution is 2.07. The van der Waals surface area contributed by atoms with Crippen LogP contribution >= 0.6 is 11.6 Å². The zero-order valence-corrected chi connectivity index (χ0v) is 12.9. The van der Waals surface area contributed by atoms with Crippen molar-refractivity contribution >= 4 is 17.4 Å². The lowest BCUT2D eigenvalue weighted by atomic mass is 10.2. The summed E-state index contributed by atoms with van der Waals surface area (Å²) in [7, 11) is 0. The van der Waals surface area contributed by atoms with Gasteiger partial charge in [0.15, 0.2) is 5.82 Å². The second kappa shape index (κ2) is 8.20. The first kappa shape index (κ1) is 16.0. The first-order chi connectivity index (χ1) is 9.10. The third-order valence-corrected chi connectivity index (χ3v) is 3.06. The van der Waals surface area contributed by atoms with Crippen LogP contribution in [-0.2, 0) is 6.54 Å². The van der Waals surface area contributed by atoms with Gasteiger partial charge in [0.05, 0.1) is 0 Å². The molecule has 1 aromatic rings. The van der Waals surface area contributed by atoms with Crippen molar-refractivity contribution in [1.29, 1.82) is 0 Å². The summed E-state index contributed by atoms with van der Waals surface area (Å²) >= 11 is 5.82. The molecular weight excluding hydrogens is 262 g/mol. The smallest absolute Gasteiger partial charge is 0.293 e. The molecule has 0 atom stereocenters. The molecule has 0 aliphatic carbocycles. The fourth-order valence-corrected chi connectivity index (χ4v) is 2.17. The van der Waals surface area contributed by atoms with E-state index in [-0.39, 0.29) is 5.56 Å². The Morgan fingerprint density at radius 3 is 2.74 bits per heavy atom. The highest BCUT2D eigenvalue weighted by molar-refractivity contribution is 6.18. The van der Waals surface area contributed by atoms with Crippen LogP contribution in [0.3, 0.4) is 0 Å². The molecule has 0 saturated carbocycles. The van der Waals surface area contributed by atoms with Gasteiger partial charge in [0.1, 0.15) is 0 Å². The molecule has 5 heteroatoms. The fraction of sp³-hybridized carbons (Fsp3) is 0.714. The molecule has 0 spiro atoms. The van der Waals surface area contributed by atoms with E-state index < -0.39 is 0 Å². The van der Waals surface area contributed by atoms with Gasteiger partial charge < -0.3 is 9.47 Å². The third kappa shape index (κ3) is 4.86. The van der Waals surface area contributed by atoms with E-state index in [2.05, 4.69) is 25.8 Å². The summed E-state index contributed by atoms with van der Waals surface area (Å²) in [5.41, 5.74) is -0.0163. The summed E-state index contributed by atoms with van der Waals surface area (Å²) < 4.78 is 1.74. The summed E-state index contributed by atoms with van der Waals surface area (Å²) in [4.78, 5) is 18.6. The predicted octanol–water partition coefficient (Wildman–Crippen LogP) is 2.74. The molecule has 0 saturated heterocycles. The largest absolute Gasteiger partial charge is 0.351 e. The first-order valence-corrected chi connectivity index (χ1v) is 7.50. The number of halogens is 1. The fourth-order valence-electron chi connectivity index (χ4n) is 1.96. The number of rotatable bonds is 8. The molecule has 1 rings (SSSR count). The average Bonchev–Trinajstić information content (AvgIpc) is 2.37. The van der Waals surface area contributed by atoms with Crippen molar-refractivity contribution in [2.45, 2.75) is 40.2 Å². The molecule has 0 N–H and O–H groups in total. The van der Waals surface area contributed by atoms with Crippen molar-refractivity contribution in [3.63, 3.8) is 0 Å². The molecule has 19 heavy (non-hydrogen) atoms. The van der Waals surface area contributed by atoms with Gasteiger partial charge >= 0.3 is 0 Å². The van der Waals surface area contributed by atoms with E-state index in [1.807, 2.05) is 4.90 Å². The maximum absolute atomic E-state index is 12.4. The van der Waals surface area contributed by atoms with Crippen molar-refractivity contribution in [3.8, 4) is 0 Å². The minimum Gasteiger partial charge on any atom is -0.351 e. The van der Waals surface area contributed by atoms with Crippen molar-refractivity contribution in [2.75, 3.05) is 23.9 Å². The van der Waals surface area contributed by atoms with Crippen LogP contribution in [0.15, 0.2) is 17.2 Å². The summed E-state index contributed by atoms with van der Waals surface area (Å²) in [5, 5.41) is 0. The van der Waals surface area contributed by atoms with Gasteiger partial charge in [-0.3, -0.25) is 4.79 Å². The topological polar surface area (TPSA) is 38.1 Å². The predicted molar refractivity (Wildman–Crippen MR) is 81.2 cm³/mol. The normalized spacial score (nSPS) is 11.0. The maximum Gasteiger partial charge on any atom is 0.293 e. The molecule has 0 aromatic carbocycles. The number of hydrogen-bond acceptors (Lipinski definition) is 3. The average molecular weight is 286 g/mol. The number of alkyl halides is 1. The lowest BCUT2D eigenvalue weighted by molar-refractivity contribution is 0.508. The molecule has 1 aromatic heterocycles. The Balaban J connectivity index is 2.98. The minimum absolute atomic E-state index is 0.0163. The molecular formula is C14H24ClN3O. The number of anilines is 1. The van der Waals surface area contributed by atoms with Crippen LogP contribution < -0.4 is 10.5 Å². The highest BCUT2D eigenvalue weighted by atomic mass is 35.5. The SMILES string of the molecule is CCCCN(CCCl)c1nccn(CC(C)C)c1=O. The second-order valence-corrected chi connectivity index (χ2v) is 5.51. The van der Waals surface area contributed by atoms with Gasteiger partial charge in [-0.2, -0.15) is 0 Å². The van der Waals surface area contributed by atoms with E-state index in [0.29, 0.717) is 24.2 Å².